The predicted molar refractivity (Wildman–Crippen MR) is 126 cm³/mol. The minimum absolute atomic E-state index is 0.134. The Labute approximate surface area is 215 Å². The van der Waals surface area contributed by atoms with Gasteiger partial charge in [-0.3, -0.25) is 9.59 Å². The zero-order valence-corrected chi connectivity index (χ0v) is 21.4. The van der Waals surface area contributed by atoms with E-state index in [4.69, 9.17) is 0 Å². The number of nitrogens with one attached hydrogen (secondary N) is 1. The van der Waals surface area contributed by atoms with E-state index in [9.17, 15) is 35.9 Å². The molecule has 2 aromatic rings. The van der Waals surface area contributed by atoms with Crippen LogP contribution in [0.25, 0.3) is 11.4 Å². The summed E-state index contributed by atoms with van der Waals surface area (Å²) < 4.78 is 83.3. The molecule has 0 saturated carbocycles. The molecule has 1 N–H and O–H groups in total. The van der Waals surface area contributed by atoms with Gasteiger partial charge in [0.2, 0.25) is 5.91 Å². The standard InChI is InChI=1S/C25H29F6N5O2/c1-23(2,3)19(22(38)35-12-24(27,28)13-35)33-21(37)18-17-11-34(4)8-5-9-36(17)20(32-18)15-10-14(25(29,30)31)6-7-16(15)26/h6-7,10,19H,5,8-9,11-13H2,1-4H3,(H,33,37). The van der Waals surface area contributed by atoms with E-state index in [0.29, 0.717) is 36.9 Å². The molecule has 1 aromatic heterocycles. The summed E-state index contributed by atoms with van der Waals surface area (Å²) in [5.74, 6) is -5.54. The van der Waals surface area contributed by atoms with Gasteiger partial charge in [0.1, 0.15) is 17.7 Å². The maximum Gasteiger partial charge on any atom is 0.416 e. The molecule has 0 aliphatic carbocycles. The van der Waals surface area contributed by atoms with E-state index in [2.05, 4.69) is 10.3 Å². The van der Waals surface area contributed by atoms with Crippen molar-refractivity contribution in [2.75, 3.05) is 26.7 Å². The fourth-order valence-corrected chi connectivity index (χ4v) is 4.68. The minimum atomic E-state index is -4.72. The number of hydrogen-bond donors (Lipinski definition) is 1. The van der Waals surface area contributed by atoms with E-state index in [1.54, 1.807) is 27.8 Å². The number of nitrogens with zero attached hydrogens (tertiary/aromatic N) is 4. The highest BCUT2D eigenvalue weighted by Gasteiger charge is 2.49. The Morgan fingerprint density at radius 3 is 2.34 bits per heavy atom. The molecule has 2 aliphatic rings. The first-order valence-corrected chi connectivity index (χ1v) is 12.1. The second-order valence-electron chi connectivity index (χ2n) is 11.0. The van der Waals surface area contributed by atoms with Crippen molar-refractivity contribution in [3.63, 3.8) is 0 Å². The van der Waals surface area contributed by atoms with E-state index in [0.717, 1.165) is 4.90 Å². The van der Waals surface area contributed by atoms with Crippen molar-refractivity contribution in [3.05, 3.63) is 41.0 Å². The number of carbonyl (C=O) groups excluding carboxylic acids is 2. The van der Waals surface area contributed by atoms with Crippen molar-refractivity contribution in [1.82, 2.24) is 24.7 Å². The van der Waals surface area contributed by atoms with Crippen LogP contribution in [0.5, 0.6) is 0 Å². The van der Waals surface area contributed by atoms with Crippen LogP contribution in [0.15, 0.2) is 18.2 Å². The molecule has 1 saturated heterocycles. The lowest BCUT2D eigenvalue weighted by atomic mass is 9.85. The Balaban J connectivity index is 1.75. The Bertz CT molecular complexity index is 1240. The van der Waals surface area contributed by atoms with Gasteiger partial charge >= 0.3 is 6.18 Å². The third kappa shape index (κ3) is 5.52. The Hall–Kier alpha value is -3.09. The van der Waals surface area contributed by atoms with Gasteiger partial charge in [0.25, 0.3) is 11.8 Å². The largest absolute Gasteiger partial charge is 0.416 e. The molecule has 208 valence electrons. The van der Waals surface area contributed by atoms with E-state index < -0.39 is 65.4 Å². The third-order valence-corrected chi connectivity index (χ3v) is 6.71. The number of rotatable bonds is 4. The molecule has 1 atom stereocenters. The number of halogens is 6. The van der Waals surface area contributed by atoms with Crippen LogP contribution in [0, 0.1) is 11.2 Å². The van der Waals surface area contributed by atoms with Crippen molar-refractivity contribution in [2.24, 2.45) is 5.41 Å². The van der Waals surface area contributed by atoms with Crippen molar-refractivity contribution in [2.45, 2.75) is 58.4 Å². The summed E-state index contributed by atoms with van der Waals surface area (Å²) in [4.78, 5) is 33.7. The molecular weight excluding hydrogens is 516 g/mol. The van der Waals surface area contributed by atoms with Crippen molar-refractivity contribution in [1.29, 1.82) is 0 Å². The van der Waals surface area contributed by atoms with Crippen LogP contribution in [0.4, 0.5) is 26.3 Å². The number of benzene rings is 1. The minimum Gasteiger partial charge on any atom is -0.338 e. The highest BCUT2D eigenvalue weighted by molar-refractivity contribution is 5.98. The van der Waals surface area contributed by atoms with Gasteiger partial charge in [0.05, 0.1) is 29.9 Å². The molecule has 38 heavy (non-hydrogen) atoms. The summed E-state index contributed by atoms with van der Waals surface area (Å²) in [6, 6.07) is 0.818. The molecule has 2 aliphatic heterocycles. The van der Waals surface area contributed by atoms with Gasteiger partial charge in [0.15, 0.2) is 5.69 Å². The lowest BCUT2D eigenvalue weighted by Crippen LogP contribution is -2.64. The summed E-state index contributed by atoms with van der Waals surface area (Å²) in [7, 11) is 1.79. The first-order valence-electron chi connectivity index (χ1n) is 12.1. The van der Waals surface area contributed by atoms with E-state index >= 15 is 0 Å². The molecule has 3 heterocycles. The maximum absolute atomic E-state index is 14.8. The Morgan fingerprint density at radius 2 is 1.76 bits per heavy atom. The van der Waals surface area contributed by atoms with Gasteiger partial charge in [-0.25, -0.2) is 18.2 Å². The van der Waals surface area contributed by atoms with E-state index in [1.807, 2.05) is 4.90 Å². The van der Waals surface area contributed by atoms with Gasteiger partial charge in [-0.2, -0.15) is 13.2 Å². The van der Waals surface area contributed by atoms with Crippen molar-refractivity contribution < 1.29 is 35.9 Å². The number of imidazole rings is 1. The zero-order chi connectivity index (χ0) is 28.2. The van der Waals surface area contributed by atoms with Gasteiger partial charge < -0.3 is 19.7 Å². The molecule has 7 nitrogen and oxygen atoms in total. The molecule has 13 heteroatoms. The van der Waals surface area contributed by atoms with Crippen LogP contribution in [0.1, 0.15) is 48.9 Å². The zero-order valence-electron chi connectivity index (χ0n) is 21.4. The molecule has 1 aromatic carbocycles. The monoisotopic (exact) mass is 545 g/mol. The predicted octanol–water partition coefficient (Wildman–Crippen LogP) is 4.17. The fraction of sp³-hybridized carbons (Fsp3) is 0.560. The quantitative estimate of drug-likeness (QED) is 0.586. The van der Waals surface area contributed by atoms with E-state index in [1.165, 1.54) is 4.57 Å². The maximum atomic E-state index is 14.8. The van der Waals surface area contributed by atoms with E-state index in [-0.39, 0.29) is 24.6 Å². The highest BCUT2D eigenvalue weighted by atomic mass is 19.4. The Morgan fingerprint density at radius 1 is 1.11 bits per heavy atom. The van der Waals surface area contributed by atoms with Crippen LogP contribution < -0.4 is 5.32 Å². The summed E-state index contributed by atoms with van der Waals surface area (Å²) in [5, 5.41) is 2.61. The van der Waals surface area contributed by atoms with Crippen LogP contribution in [-0.2, 0) is 24.1 Å². The van der Waals surface area contributed by atoms with Crippen LogP contribution in [0.2, 0.25) is 0 Å². The van der Waals surface area contributed by atoms with Crippen molar-refractivity contribution >= 4 is 11.8 Å². The summed E-state index contributed by atoms with van der Waals surface area (Å²) >= 11 is 0. The summed E-state index contributed by atoms with van der Waals surface area (Å²) in [6.45, 7) is 4.57. The number of carbonyl (C=O) groups is 2. The van der Waals surface area contributed by atoms with Gasteiger partial charge in [-0.1, -0.05) is 20.8 Å². The van der Waals surface area contributed by atoms with Crippen LogP contribution in [0.3, 0.4) is 0 Å². The normalized spacial score (nSPS) is 18.8. The SMILES string of the molecule is CN1CCCn2c(-c3cc(C(F)(F)F)ccc3F)nc(C(=O)NC(C(=O)N3CC(F)(F)C3)C(C)(C)C)c2C1. The second kappa shape index (κ2) is 9.58. The average Bonchev–Trinajstić information content (AvgIpc) is 2.99. The Kier molecular flexibility index (Phi) is 7.04. The van der Waals surface area contributed by atoms with Gasteiger partial charge in [-0.05, 0) is 43.6 Å². The number of hydrogen-bond acceptors (Lipinski definition) is 4. The molecule has 0 bridgehead atoms. The van der Waals surface area contributed by atoms with Crippen LogP contribution >= 0.6 is 0 Å². The summed E-state index contributed by atoms with van der Waals surface area (Å²) in [5.41, 5.74) is -2.14. The fourth-order valence-electron chi connectivity index (χ4n) is 4.68. The molecule has 1 unspecified atom stereocenters. The third-order valence-electron chi connectivity index (χ3n) is 6.71. The van der Waals surface area contributed by atoms with Gasteiger partial charge in [0, 0.05) is 13.1 Å². The lowest BCUT2D eigenvalue weighted by Gasteiger charge is -2.43. The molecule has 0 radical (unpaired) electrons. The molecular formula is C25H29F6N5O2. The summed E-state index contributed by atoms with van der Waals surface area (Å²) in [6.07, 6.45) is -4.15. The molecule has 2 amide bonds. The second-order valence-corrected chi connectivity index (χ2v) is 11.0. The lowest BCUT2D eigenvalue weighted by molar-refractivity contribution is -0.169. The molecule has 1 fully saturated rings. The molecule has 4 rings (SSSR count). The number of likely N-dealkylation sites (tertiary alicyclic amines) is 1. The number of aromatic nitrogens is 2. The smallest absolute Gasteiger partial charge is 0.338 e. The first-order chi connectivity index (χ1) is 17.5. The molecule has 0 spiro atoms. The van der Waals surface area contributed by atoms with Crippen LogP contribution in [-0.4, -0.2) is 69.8 Å². The number of amides is 2. The van der Waals surface area contributed by atoms with Gasteiger partial charge in [-0.15, -0.1) is 0 Å². The average molecular weight is 546 g/mol. The topological polar surface area (TPSA) is 70.5 Å². The number of fused-ring (bicyclic) bond motifs is 1. The highest BCUT2D eigenvalue weighted by Crippen LogP contribution is 2.35. The first kappa shape index (κ1) is 27.9. The number of alkyl halides is 5. The van der Waals surface area contributed by atoms with Crippen molar-refractivity contribution in [3.8, 4) is 11.4 Å².